The molecule has 3 aliphatic rings. The monoisotopic (exact) mass is 322 g/mol. The lowest BCUT2D eigenvalue weighted by molar-refractivity contribution is -0.000107. The minimum atomic E-state index is -0.404. The van der Waals surface area contributed by atoms with E-state index in [4.69, 9.17) is 4.74 Å². The van der Waals surface area contributed by atoms with Crippen molar-refractivity contribution < 1.29 is 9.53 Å². The largest absolute Gasteiger partial charge is 0.444 e. The molecule has 4 nitrogen and oxygen atoms in total. The van der Waals surface area contributed by atoms with Crippen LogP contribution in [0.4, 0.5) is 4.79 Å². The number of hydrogen-bond donors (Lipinski definition) is 1. The molecule has 1 N–H and O–H groups in total. The summed E-state index contributed by atoms with van der Waals surface area (Å²) in [5.41, 5.74) is -0.404. The Labute approximate surface area is 141 Å². The van der Waals surface area contributed by atoms with Crippen molar-refractivity contribution in [3.63, 3.8) is 0 Å². The van der Waals surface area contributed by atoms with Gasteiger partial charge in [0.2, 0.25) is 0 Å². The molecule has 1 aliphatic heterocycles. The first kappa shape index (κ1) is 17.1. The van der Waals surface area contributed by atoms with Crippen LogP contribution in [0.25, 0.3) is 0 Å². The summed E-state index contributed by atoms with van der Waals surface area (Å²) in [4.78, 5) is 14.7. The summed E-state index contributed by atoms with van der Waals surface area (Å²) in [7, 11) is 0. The Hall–Kier alpha value is -0.770. The molecule has 3 rings (SSSR count). The van der Waals surface area contributed by atoms with Crippen molar-refractivity contribution in [3.05, 3.63) is 0 Å². The van der Waals surface area contributed by atoms with Crippen LogP contribution in [-0.2, 0) is 4.74 Å². The van der Waals surface area contributed by atoms with Crippen LogP contribution in [0.3, 0.4) is 0 Å². The first-order valence-corrected chi connectivity index (χ1v) is 9.67. The third kappa shape index (κ3) is 4.62. The second-order valence-corrected chi connectivity index (χ2v) is 8.79. The molecule has 4 heteroatoms. The van der Waals surface area contributed by atoms with E-state index < -0.39 is 5.60 Å². The van der Waals surface area contributed by atoms with Crippen LogP contribution >= 0.6 is 0 Å². The number of amides is 1. The van der Waals surface area contributed by atoms with E-state index in [0.717, 1.165) is 25.3 Å². The number of ether oxygens (including phenoxy) is 1. The molecule has 132 valence electrons. The van der Waals surface area contributed by atoms with Gasteiger partial charge in [0.1, 0.15) is 5.60 Å². The van der Waals surface area contributed by atoms with Crippen molar-refractivity contribution in [3.8, 4) is 0 Å². The molecule has 0 bridgehead atoms. The van der Waals surface area contributed by atoms with Crippen LogP contribution < -0.4 is 5.32 Å². The number of carbonyl (C=O) groups is 1. The Kier molecular flexibility index (Phi) is 5.19. The number of carbonyl (C=O) groups excluding carboxylic acids is 1. The SMILES string of the molecule is CC(C)(C)OC(=O)N1CCCCC1C1CCCC1NCC1CC1. The average molecular weight is 322 g/mol. The summed E-state index contributed by atoms with van der Waals surface area (Å²) in [6.07, 6.45) is 10.0. The smallest absolute Gasteiger partial charge is 0.410 e. The highest BCUT2D eigenvalue weighted by molar-refractivity contribution is 5.68. The first-order chi connectivity index (χ1) is 10.9. The molecule has 3 fully saturated rings. The topological polar surface area (TPSA) is 41.6 Å². The highest BCUT2D eigenvalue weighted by Gasteiger charge is 2.41. The zero-order valence-electron chi connectivity index (χ0n) is 15.1. The van der Waals surface area contributed by atoms with Crippen molar-refractivity contribution in [2.45, 2.75) is 89.8 Å². The summed E-state index contributed by atoms with van der Waals surface area (Å²) in [5, 5.41) is 3.82. The fourth-order valence-electron chi connectivity index (χ4n) is 4.29. The van der Waals surface area contributed by atoms with Gasteiger partial charge in [-0.25, -0.2) is 4.79 Å². The van der Waals surface area contributed by atoms with E-state index in [1.807, 2.05) is 20.8 Å². The van der Waals surface area contributed by atoms with Crippen LogP contribution in [0, 0.1) is 11.8 Å². The highest BCUT2D eigenvalue weighted by atomic mass is 16.6. The van der Waals surface area contributed by atoms with Gasteiger partial charge in [0.05, 0.1) is 0 Å². The Morgan fingerprint density at radius 3 is 2.57 bits per heavy atom. The highest BCUT2D eigenvalue weighted by Crippen LogP contribution is 2.37. The van der Waals surface area contributed by atoms with Crippen molar-refractivity contribution in [1.82, 2.24) is 10.2 Å². The van der Waals surface area contributed by atoms with Gasteiger partial charge in [0.25, 0.3) is 0 Å². The van der Waals surface area contributed by atoms with Gasteiger partial charge in [-0.05, 0) is 84.1 Å². The Bertz CT molecular complexity index is 414. The molecule has 1 saturated heterocycles. The second-order valence-electron chi connectivity index (χ2n) is 8.79. The van der Waals surface area contributed by atoms with E-state index >= 15 is 0 Å². The average Bonchev–Trinajstić information content (AvgIpc) is 3.20. The summed E-state index contributed by atoms with van der Waals surface area (Å²) in [6, 6.07) is 0.974. The second kappa shape index (κ2) is 7.00. The predicted octanol–water partition coefficient (Wildman–Crippen LogP) is 3.94. The van der Waals surface area contributed by atoms with E-state index in [1.54, 1.807) is 0 Å². The Morgan fingerprint density at radius 1 is 1.09 bits per heavy atom. The van der Waals surface area contributed by atoms with Crippen LogP contribution in [0.1, 0.15) is 72.1 Å². The van der Waals surface area contributed by atoms with Gasteiger partial charge in [-0.2, -0.15) is 0 Å². The predicted molar refractivity (Wildman–Crippen MR) is 92.4 cm³/mol. The lowest BCUT2D eigenvalue weighted by Gasteiger charge is -2.41. The molecule has 0 aromatic heterocycles. The Balaban J connectivity index is 1.63. The number of nitrogens with one attached hydrogen (secondary N) is 1. The van der Waals surface area contributed by atoms with Crippen molar-refractivity contribution in [1.29, 1.82) is 0 Å². The standard InChI is InChI=1S/C19H34N2O2/c1-19(2,3)23-18(22)21-12-5-4-9-17(21)15-7-6-8-16(15)20-13-14-10-11-14/h14-17,20H,4-13H2,1-3H3. The zero-order valence-corrected chi connectivity index (χ0v) is 15.1. The van der Waals surface area contributed by atoms with E-state index in [9.17, 15) is 4.79 Å². The number of piperidine rings is 1. The van der Waals surface area contributed by atoms with Gasteiger partial charge in [0, 0.05) is 18.6 Å². The van der Waals surface area contributed by atoms with E-state index in [2.05, 4.69) is 10.2 Å². The Morgan fingerprint density at radius 2 is 1.87 bits per heavy atom. The van der Waals surface area contributed by atoms with Gasteiger partial charge in [0.15, 0.2) is 0 Å². The van der Waals surface area contributed by atoms with Crippen molar-refractivity contribution >= 4 is 6.09 Å². The number of likely N-dealkylation sites (tertiary alicyclic amines) is 1. The lowest BCUT2D eigenvalue weighted by Crippen LogP contribution is -2.52. The van der Waals surface area contributed by atoms with Crippen LogP contribution in [0.5, 0.6) is 0 Å². The molecule has 0 aromatic carbocycles. The summed E-state index contributed by atoms with van der Waals surface area (Å²) < 4.78 is 5.68. The van der Waals surface area contributed by atoms with Crippen molar-refractivity contribution in [2.24, 2.45) is 11.8 Å². The summed E-state index contributed by atoms with van der Waals surface area (Å²) in [5.74, 6) is 1.53. The lowest BCUT2D eigenvalue weighted by atomic mass is 9.87. The zero-order chi connectivity index (χ0) is 16.4. The van der Waals surface area contributed by atoms with Crippen LogP contribution in [0.2, 0.25) is 0 Å². The minimum absolute atomic E-state index is 0.102. The molecule has 23 heavy (non-hydrogen) atoms. The molecule has 3 atom stereocenters. The van der Waals surface area contributed by atoms with Gasteiger partial charge >= 0.3 is 6.09 Å². The number of hydrogen-bond acceptors (Lipinski definition) is 3. The summed E-state index contributed by atoms with van der Waals surface area (Å²) >= 11 is 0. The molecule has 0 aromatic rings. The molecule has 1 amide bonds. The maximum Gasteiger partial charge on any atom is 0.410 e. The molecule has 0 radical (unpaired) electrons. The third-order valence-corrected chi connectivity index (χ3v) is 5.61. The quantitative estimate of drug-likeness (QED) is 0.852. The van der Waals surface area contributed by atoms with Crippen LogP contribution in [0.15, 0.2) is 0 Å². The fourth-order valence-corrected chi connectivity index (χ4v) is 4.29. The molecule has 2 aliphatic carbocycles. The van der Waals surface area contributed by atoms with Gasteiger partial charge < -0.3 is 15.0 Å². The molecular weight excluding hydrogens is 288 g/mol. The minimum Gasteiger partial charge on any atom is -0.444 e. The van der Waals surface area contributed by atoms with E-state index in [1.165, 1.54) is 45.1 Å². The van der Waals surface area contributed by atoms with Gasteiger partial charge in [-0.1, -0.05) is 6.42 Å². The van der Waals surface area contributed by atoms with Gasteiger partial charge in [-0.3, -0.25) is 0 Å². The molecule has 3 unspecified atom stereocenters. The summed E-state index contributed by atoms with van der Waals surface area (Å²) in [6.45, 7) is 7.92. The molecule has 0 spiro atoms. The molecule has 1 heterocycles. The maximum absolute atomic E-state index is 12.6. The van der Waals surface area contributed by atoms with Crippen LogP contribution in [-0.4, -0.2) is 41.8 Å². The van der Waals surface area contributed by atoms with Gasteiger partial charge in [-0.15, -0.1) is 0 Å². The molecular formula is C19H34N2O2. The first-order valence-electron chi connectivity index (χ1n) is 9.67. The number of rotatable bonds is 4. The van der Waals surface area contributed by atoms with Crippen molar-refractivity contribution in [2.75, 3.05) is 13.1 Å². The van der Waals surface area contributed by atoms with E-state index in [-0.39, 0.29) is 6.09 Å². The number of nitrogens with zero attached hydrogens (tertiary/aromatic N) is 1. The fraction of sp³-hybridized carbons (Fsp3) is 0.947. The maximum atomic E-state index is 12.6. The molecule has 2 saturated carbocycles. The third-order valence-electron chi connectivity index (χ3n) is 5.61. The van der Waals surface area contributed by atoms with E-state index in [0.29, 0.717) is 18.0 Å². The normalized spacial score (nSPS) is 32.1.